The molecule has 3 N–H and O–H groups in total. The van der Waals surface area contributed by atoms with Gasteiger partial charge in [0, 0.05) is 0 Å². The summed E-state index contributed by atoms with van der Waals surface area (Å²) >= 11 is 0. The molecule has 0 aromatic heterocycles. The Labute approximate surface area is 127 Å². The number of fused-ring (bicyclic) bond motifs is 1. The molecule has 3 rings (SSSR count). The summed E-state index contributed by atoms with van der Waals surface area (Å²) in [5.74, 6) is 5.83. The van der Waals surface area contributed by atoms with Crippen LogP contribution in [0.4, 0.5) is 0 Å². The largest absolute Gasteiger partial charge is 0.271 e. The highest BCUT2D eigenvalue weighted by molar-refractivity contribution is 5.38. The van der Waals surface area contributed by atoms with Gasteiger partial charge in [-0.05, 0) is 67.3 Å². The Balaban J connectivity index is 1.86. The highest BCUT2D eigenvalue weighted by Gasteiger charge is 2.16. The van der Waals surface area contributed by atoms with E-state index in [9.17, 15) is 0 Å². The summed E-state index contributed by atoms with van der Waals surface area (Å²) in [4.78, 5) is 0. The Morgan fingerprint density at radius 2 is 1.86 bits per heavy atom. The number of hydrazine groups is 1. The fourth-order valence-corrected chi connectivity index (χ4v) is 3.38. The number of nitrogens with two attached hydrogens (primary N) is 1. The molecule has 0 saturated carbocycles. The molecule has 1 aliphatic rings. The van der Waals surface area contributed by atoms with Gasteiger partial charge in [0.2, 0.25) is 0 Å². The number of rotatable bonds is 4. The lowest BCUT2D eigenvalue weighted by Gasteiger charge is -2.20. The summed E-state index contributed by atoms with van der Waals surface area (Å²) in [5.41, 5.74) is 11.3. The molecule has 110 valence electrons. The predicted molar refractivity (Wildman–Crippen MR) is 88.2 cm³/mol. The topological polar surface area (TPSA) is 38.0 Å². The van der Waals surface area contributed by atoms with Crippen LogP contribution in [-0.2, 0) is 19.3 Å². The van der Waals surface area contributed by atoms with Crippen molar-refractivity contribution in [3.8, 4) is 0 Å². The summed E-state index contributed by atoms with van der Waals surface area (Å²) in [5, 5.41) is 0. The van der Waals surface area contributed by atoms with E-state index in [1.807, 2.05) is 0 Å². The van der Waals surface area contributed by atoms with Crippen LogP contribution in [0.25, 0.3) is 0 Å². The Hall–Kier alpha value is -1.64. The number of hydrogen-bond acceptors (Lipinski definition) is 2. The zero-order valence-electron chi connectivity index (χ0n) is 12.9. The molecule has 2 heteroatoms. The Bertz CT molecular complexity index is 646. The Kier molecular flexibility index (Phi) is 4.09. The second kappa shape index (κ2) is 6.00. The Morgan fingerprint density at radius 3 is 2.67 bits per heavy atom. The first-order valence-corrected chi connectivity index (χ1v) is 7.81. The van der Waals surface area contributed by atoms with Crippen molar-refractivity contribution in [3.05, 3.63) is 69.8 Å². The summed E-state index contributed by atoms with van der Waals surface area (Å²) in [7, 11) is 0. The van der Waals surface area contributed by atoms with Gasteiger partial charge in [-0.25, -0.2) is 0 Å². The van der Waals surface area contributed by atoms with Crippen LogP contribution < -0.4 is 11.3 Å². The minimum Gasteiger partial charge on any atom is -0.271 e. The standard InChI is InChI=1S/C19H24N2/c1-13-6-7-14(2)18(10-13)19(21-20)12-15-8-9-16-4-3-5-17(16)11-15/h6-11,19,21H,3-5,12,20H2,1-2H3. The van der Waals surface area contributed by atoms with E-state index in [0.717, 1.165) is 6.42 Å². The van der Waals surface area contributed by atoms with Gasteiger partial charge in [-0.2, -0.15) is 0 Å². The van der Waals surface area contributed by atoms with Gasteiger partial charge < -0.3 is 0 Å². The van der Waals surface area contributed by atoms with Gasteiger partial charge in [0.1, 0.15) is 0 Å². The van der Waals surface area contributed by atoms with E-state index >= 15 is 0 Å². The van der Waals surface area contributed by atoms with Crippen LogP contribution in [0.3, 0.4) is 0 Å². The third-order valence-corrected chi connectivity index (χ3v) is 4.61. The molecule has 0 spiro atoms. The molecule has 1 aliphatic carbocycles. The first-order valence-electron chi connectivity index (χ1n) is 7.81. The second-order valence-electron chi connectivity index (χ2n) is 6.24. The molecule has 0 aliphatic heterocycles. The van der Waals surface area contributed by atoms with Crippen LogP contribution >= 0.6 is 0 Å². The van der Waals surface area contributed by atoms with Crippen LogP contribution in [0.1, 0.15) is 45.8 Å². The lowest BCUT2D eigenvalue weighted by atomic mass is 9.93. The highest BCUT2D eigenvalue weighted by atomic mass is 15.2. The first-order chi connectivity index (χ1) is 10.2. The molecular weight excluding hydrogens is 256 g/mol. The van der Waals surface area contributed by atoms with Crippen LogP contribution in [-0.4, -0.2) is 0 Å². The number of nitrogens with one attached hydrogen (secondary N) is 1. The van der Waals surface area contributed by atoms with Gasteiger partial charge in [0.25, 0.3) is 0 Å². The zero-order chi connectivity index (χ0) is 14.8. The van der Waals surface area contributed by atoms with Crippen molar-refractivity contribution in [3.63, 3.8) is 0 Å². The fourth-order valence-electron chi connectivity index (χ4n) is 3.38. The number of aryl methyl sites for hydroxylation is 4. The van der Waals surface area contributed by atoms with Gasteiger partial charge in [-0.15, -0.1) is 0 Å². The molecule has 0 bridgehead atoms. The van der Waals surface area contributed by atoms with Crippen LogP contribution in [0, 0.1) is 13.8 Å². The molecule has 2 nitrogen and oxygen atoms in total. The number of benzene rings is 2. The molecular formula is C19H24N2. The fraction of sp³-hybridized carbons (Fsp3) is 0.368. The molecule has 0 fully saturated rings. The van der Waals surface area contributed by atoms with Gasteiger partial charge in [-0.1, -0.05) is 42.0 Å². The molecule has 2 aromatic carbocycles. The maximum Gasteiger partial charge on any atom is 0.0503 e. The quantitative estimate of drug-likeness (QED) is 0.664. The van der Waals surface area contributed by atoms with E-state index in [0.29, 0.717) is 0 Å². The molecule has 0 radical (unpaired) electrons. The van der Waals surface area contributed by atoms with Crippen molar-refractivity contribution in [2.45, 2.75) is 45.6 Å². The lowest BCUT2D eigenvalue weighted by molar-refractivity contribution is 0.549. The van der Waals surface area contributed by atoms with Crippen LogP contribution in [0.5, 0.6) is 0 Å². The average Bonchev–Trinajstić information content (AvgIpc) is 2.95. The van der Waals surface area contributed by atoms with Crippen LogP contribution in [0.2, 0.25) is 0 Å². The summed E-state index contributed by atoms with van der Waals surface area (Å²) < 4.78 is 0. The minimum absolute atomic E-state index is 0.171. The summed E-state index contributed by atoms with van der Waals surface area (Å²) in [6.45, 7) is 4.29. The molecule has 21 heavy (non-hydrogen) atoms. The maximum absolute atomic E-state index is 5.83. The molecule has 1 atom stereocenters. The lowest BCUT2D eigenvalue weighted by Crippen LogP contribution is -2.30. The van der Waals surface area contributed by atoms with Crippen molar-refractivity contribution in [2.75, 3.05) is 0 Å². The third-order valence-electron chi connectivity index (χ3n) is 4.61. The van der Waals surface area contributed by atoms with Crippen molar-refractivity contribution in [1.29, 1.82) is 0 Å². The molecule has 1 unspecified atom stereocenters. The van der Waals surface area contributed by atoms with E-state index < -0.39 is 0 Å². The van der Waals surface area contributed by atoms with Gasteiger partial charge >= 0.3 is 0 Å². The maximum atomic E-state index is 5.83. The molecule has 0 amide bonds. The summed E-state index contributed by atoms with van der Waals surface area (Å²) in [6.07, 6.45) is 4.71. The first kappa shape index (κ1) is 14.3. The van der Waals surface area contributed by atoms with Gasteiger partial charge in [0.05, 0.1) is 6.04 Å². The zero-order valence-corrected chi connectivity index (χ0v) is 12.9. The van der Waals surface area contributed by atoms with E-state index in [-0.39, 0.29) is 6.04 Å². The Morgan fingerprint density at radius 1 is 1.05 bits per heavy atom. The van der Waals surface area contributed by atoms with Crippen LogP contribution in [0.15, 0.2) is 36.4 Å². The highest BCUT2D eigenvalue weighted by Crippen LogP contribution is 2.26. The van der Waals surface area contributed by atoms with Crippen molar-refractivity contribution < 1.29 is 0 Å². The average molecular weight is 280 g/mol. The predicted octanol–water partition coefficient (Wildman–Crippen LogP) is 3.54. The van der Waals surface area contributed by atoms with Crippen molar-refractivity contribution >= 4 is 0 Å². The third kappa shape index (κ3) is 3.02. The second-order valence-corrected chi connectivity index (χ2v) is 6.24. The van der Waals surface area contributed by atoms with Crippen molar-refractivity contribution in [2.24, 2.45) is 5.84 Å². The van der Waals surface area contributed by atoms with E-state index in [4.69, 9.17) is 5.84 Å². The monoisotopic (exact) mass is 280 g/mol. The van der Waals surface area contributed by atoms with E-state index in [2.05, 4.69) is 55.7 Å². The molecule has 2 aromatic rings. The normalized spacial score (nSPS) is 15.0. The van der Waals surface area contributed by atoms with Gasteiger partial charge in [-0.3, -0.25) is 11.3 Å². The van der Waals surface area contributed by atoms with Crippen molar-refractivity contribution in [1.82, 2.24) is 5.43 Å². The number of hydrogen-bond donors (Lipinski definition) is 2. The van der Waals surface area contributed by atoms with E-state index in [1.54, 1.807) is 0 Å². The van der Waals surface area contributed by atoms with E-state index in [1.165, 1.54) is 52.6 Å². The minimum atomic E-state index is 0.171. The summed E-state index contributed by atoms with van der Waals surface area (Å²) in [6, 6.07) is 13.7. The van der Waals surface area contributed by atoms with Gasteiger partial charge in [0.15, 0.2) is 0 Å². The smallest absolute Gasteiger partial charge is 0.0503 e. The molecule has 0 heterocycles. The molecule has 0 saturated heterocycles. The SMILES string of the molecule is Cc1ccc(C)c(C(Cc2ccc3c(c2)CCC3)NN)c1.